The number of ether oxygens (including phenoxy) is 1. The molecule has 1 N–H and O–H groups in total. The highest BCUT2D eigenvalue weighted by molar-refractivity contribution is 5.92. The molecule has 1 saturated carbocycles. The first kappa shape index (κ1) is 20.2. The Balaban J connectivity index is 1.30. The second-order valence-corrected chi connectivity index (χ2v) is 7.84. The van der Waals surface area contributed by atoms with Gasteiger partial charge in [-0.1, -0.05) is 19.8 Å². The quantitative estimate of drug-likeness (QED) is 0.794. The van der Waals surface area contributed by atoms with Crippen LogP contribution in [0.15, 0.2) is 24.3 Å². The van der Waals surface area contributed by atoms with E-state index >= 15 is 0 Å². The van der Waals surface area contributed by atoms with Crippen LogP contribution < -0.4 is 5.32 Å². The minimum Gasteiger partial charge on any atom is -0.377 e. The minimum absolute atomic E-state index is 0.0512. The van der Waals surface area contributed by atoms with E-state index in [9.17, 15) is 9.18 Å². The first-order chi connectivity index (χ1) is 13.1. The number of piperazine rings is 1. The minimum atomic E-state index is -0.300. The number of anilines is 1. The first-order valence-electron chi connectivity index (χ1n) is 10.2. The van der Waals surface area contributed by atoms with Gasteiger partial charge in [-0.05, 0) is 43.0 Å². The molecule has 1 aromatic rings. The fraction of sp³-hybridized carbons (Fsp3) is 0.667. The average Bonchev–Trinajstić information content (AvgIpc) is 2.66. The molecule has 1 heterocycles. The fourth-order valence-electron chi connectivity index (χ4n) is 3.97. The number of carbonyl (C=O) groups excluding carboxylic acids is 1. The summed E-state index contributed by atoms with van der Waals surface area (Å²) in [6, 6.07) is 5.87. The molecule has 1 aromatic carbocycles. The summed E-state index contributed by atoms with van der Waals surface area (Å²) >= 11 is 0. The van der Waals surface area contributed by atoms with Crippen molar-refractivity contribution in [2.45, 2.75) is 38.7 Å². The maximum atomic E-state index is 12.9. The number of nitrogens with one attached hydrogen (secondary N) is 1. The fourth-order valence-corrected chi connectivity index (χ4v) is 3.97. The molecule has 0 spiro atoms. The van der Waals surface area contributed by atoms with Gasteiger partial charge < -0.3 is 10.1 Å². The van der Waals surface area contributed by atoms with Gasteiger partial charge in [-0.3, -0.25) is 14.6 Å². The van der Waals surface area contributed by atoms with E-state index in [1.165, 1.54) is 37.8 Å². The summed E-state index contributed by atoms with van der Waals surface area (Å²) in [5.74, 6) is 0.339. The monoisotopic (exact) mass is 377 g/mol. The highest BCUT2D eigenvalue weighted by Crippen LogP contribution is 2.26. The average molecular weight is 378 g/mol. The van der Waals surface area contributed by atoms with Crippen LogP contribution in [0, 0.1) is 11.7 Å². The molecule has 2 atom stereocenters. The molecule has 150 valence electrons. The van der Waals surface area contributed by atoms with Crippen molar-refractivity contribution in [3.63, 3.8) is 0 Å². The van der Waals surface area contributed by atoms with Crippen LogP contribution in [0.1, 0.15) is 32.6 Å². The lowest BCUT2D eigenvalue weighted by Crippen LogP contribution is -2.49. The molecule has 6 heteroatoms. The highest BCUT2D eigenvalue weighted by Gasteiger charge is 2.23. The van der Waals surface area contributed by atoms with E-state index in [4.69, 9.17) is 4.74 Å². The Morgan fingerprint density at radius 3 is 2.48 bits per heavy atom. The summed E-state index contributed by atoms with van der Waals surface area (Å²) in [4.78, 5) is 16.7. The number of benzene rings is 1. The zero-order valence-corrected chi connectivity index (χ0v) is 16.3. The van der Waals surface area contributed by atoms with Crippen LogP contribution in [-0.4, -0.2) is 67.7 Å². The summed E-state index contributed by atoms with van der Waals surface area (Å²) in [6.07, 6.45) is 5.59. The van der Waals surface area contributed by atoms with E-state index in [1.807, 2.05) is 0 Å². The molecule has 0 bridgehead atoms. The van der Waals surface area contributed by atoms with E-state index < -0.39 is 0 Å². The third-order valence-electron chi connectivity index (χ3n) is 5.73. The van der Waals surface area contributed by atoms with E-state index in [0.29, 0.717) is 24.3 Å². The van der Waals surface area contributed by atoms with E-state index in [0.717, 1.165) is 39.3 Å². The summed E-state index contributed by atoms with van der Waals surface area (Å²) in [7, 11) is 0. The van der Waals surface area contributed by atoms with Crippen LogP contribution in [0.2, 0.25) is 0 Å². The Bertz CT molecular complexity index is 588. The first-order valence-corrected chi connectivity index (χ1v) is 10.2. The molecule has 0 aromatic heterocycles. The van der Waals surface area contributed by atoms with E-state index in [1.54, 1.807) is 12.1 Å². The molecule has 27 heavy (non-hydrogen) atoms. The molecule has 5 nitrogen and oxygen atoms in total. The highest BCUT2D eigenvalue weighted by atomic mass is 19.1. The normalized spacial score (nSPS) is 24.7. The van der Waals surface area contributed by atoms with Gasteiger partial charge in [0.15, 0.2) is 0 Å². The lowest BCUT2D eigenvalue weighted by atomic mass is 9.88. The van der Waals surface area contributed by atoms with Gasteiger partial charge in [-0.15, -0.1) is 0 Å². The number of hydrogen-bond acceptors (Lipinski definition) is 4. The second-order valence-electron chi connectivity index (χ2n) is 7.84. The van der Waals surface area contributed by atoms with Gasteiger partial charge >= 0.3 is 0 Å². The Morgan fingerprint density at radius 2 is 1.78 bits per heavy atom. The Hall–Kier alpha value is -1.50. The van der Waals surface area contributed by atoms with Crippen LogP contribution in [-0.2, 0) is 9.53 Å². The molecule has 3 rings (SSSR count). The van der Waals surface area contributed by atoms with Gasteiger partial charge in [0.05, 0.1) is 19.3 Å². The third-order valence-corrected chi connectivity index (χ3v) is 5.73. The lowest BCUT2D eigenvalue weighted by Gasteiger charge is -2.35. The van der Waals surface area contributed by atoms with E-state index in [2.05, 4.69) is 22.0 Å². The van der Waals surface area contributed by atoms with Crippen LogP contribution >= 0.6 is 0 Å². The smallest absolute Gasteiger partial charge is 0.238 e. The van der Waals surface area contributed by atoms with Crippen molar-refractivity contribution < 1.29 is 13.9 Å². The molecule has 1 aliphatic heterocycles. The van der Waals surface area contributed by atoms with Gasteiger partial charge in [0.25, 0.3) is 0 Å². The maximum absolute atomic E-state index is 12.9. The van der Waals surface area contributed by atoms with Crippen LogP contribution in [0.5, 0.6) is 0 Å². The number of carbonyl (C=O) groups is 1. The SMILES string of the molecule is CC1CCCCC1OCCN1CCN(CC(=O)Nc2ccc(F)cc2)CC1. The standard InChI is InChI=1S/C21H32FN3O2/c1-17-4-2-3-5-20(17)27-15-14-24-10-12-25(13-11-24)16-21(26)23-19-8-6-18(22)7-9-19/h6-9,17,20H,2-5,10-16H2,1H3,(H,23,26). The topological polar surface area (TPSA) is 44.8 Å². The summed E-state index contributed by atoms with van der Waals surface area (Å²) in [5.41, 5.74) is 0.633. The molecule has 0 radical (unpaired) electrons. The van der Waals surface area contributed by atoms with Crippen molar-refractivity contribution in [1.82, 2.24) is 9.80 Å². The van der Waals surface area contributed by atoms with Crippen molar-refractivity contribution in [3.8, 4) is 0 Å². The van der Waals surface area contributed by atoms with Crippen molar-refractivity contribution in [1.29, 1.82) is 0 Å². The predicted molar refractivity (Wildman–Crippen MR) is 105 cm³/mol. The predicted octanol–water partition coefficient (Wildman–Crippen LogP) is 2.98. The molecular formula is C21H32FN3O2. The van der Waals surface area contributed by atoms with Crippen LogP contribution in [0.4, 0.5) is 10.1 Å². The van der Waals surface area contributed by atoms with Gasteiger partial charge in [-0.2, -0.15) is 0 Å². The number of rotatable bonds is 7. The van der Waals surface area contributed by atoms with Crippen molar-refractivity contribution in [2.75, 3.05) is 51.2 Å². The summed E-state index contributed by atoms with van der Waals surface area (Å²) in [5, 5.41) is 2.82. The lowest BCUT2D eigenvalue weighted by molar-refractivity contribution is -0.117. The summed E-state index contributed by atoms with van der Waals surface area (Å²) < 4.78 is 19.0. The molecule has 1 amide bonds. The van der Waals surface area contributed by atoms with Crippen LogP contribution in [0.25, 0.3) is 0 Å². The number of amides is 1. The molecule has 2 fully saturated rings. The third kappa shape index (κ3) is 6.55. The molecule has 1 aliphatic carbocycles. The van der Waals surface area contributed by atoms with Crippen molar-refractivity contribution in [2.24, 2.45) is 5.92 Å². The van der Waals surface area contributed by atoms with Gasteiger partial charge in [0.1, 0.15) is 5.82 Å². The van der Waals surface area contributed by atoms with Crippen molar-refractivity contribution >= 4 is 11.6 Å². The molecule has 2 unspecified atom stereocenters. The Labute approximate surface area is 161 Å². The summed E-state index contributed by atoms with van der Waals surface area (Å²) in [6.45, 7) is 8.16. The van der Waals surface area contributed by atoms with E-state index in [-0.39, 0.29) is 11.7 Å². The molecular weight excluding hydrogens is 345 g/mol. The number of halogens is 1. The Kier molecular flexibility index (Phi) is 7.61. The van der Waals surface area contributed by atoms with Crippen LogP contribution in [0.3, 0.4) is 0 Å². The van der Waals surface area contributed by atoms with Crippen molar-refractivity contribution in [3.05, 3.63) is 30.1 Å². The number of nitrogens with zero attached hydrogens (tertiary/aromatic N) is 2. The largest absolute Gasteiger partial charge is 0.377 e. The zero-order chi connectivity index (χ0) is 19.1. The van der Waals surface area contributed by atoms with Gasteiger partial charge in [-0.25, -0.2) is 4.39 Å². The zero-order valence-electron chi connectivity index (χ0n) is 16.3. The van der Waals surface area contributed by atoms with Gasteiger partial charge in [0, 0.05) is 38.4 Å². The second kappa shape index (κ2) is 10.2. The number of hydrogen-bond donors (Lipinski definition) is 1. The maximum Gasteiger partial charge on any atom is 0.238 e. The molecule has 2 aliphatic rings. The Morgan fingerprint density at radius 1 is 1.11 bits per heavy atom. The van der Waals surface area contributed by atoms with Gasteiger partial charge in [0.2, 0.25) is 5.91 Å². The molecule has 1 saturated heterocycles.